The van der Waals surface area contributed by atoms with Crippen LogP contribution in [-0.2, 0) is 0 Å². The second-order valence-corrected chi connectivity index (χ2v) is 4.62. The molecule has 5 nitrogen and oxygen atoms in total. The van der Waals surface area contributed by atoms with E-state index in [-0.39, 0.29) is 5.69 Å². The van der Waals surface area contributed by atoms with Gasteiger partial charge in [-0.25, -0.2) is 0 Å². The minimum Gasteiger partial charge on any atom is -0.391 e. The van der Waals surface area contributed by atoms with Crippen LogP contribution in [0.3, 0.4) is 0 Å². The fraction of sp³-hybridized carbons (Fsp3) is 0.455. The van der Waals surface area contributed by atoms with E-state index in [0.29, 0.717) is 12.3 Å². The maximum atomic E-state index is 10.4. The maximum absolute atomic E-state index is 10.4. The molecule has 6 heteroatoms. The number of likely N-dealkylation sites (N-methyl/N-ethyl adjacent to an activating group) is 1. The molecule has 1 aromatic carbocycles. The van der Waals surface area contributed by atoms with Crippen molar-refractivity contribution in [1.82, 2.24) is 5.32 Å². The predicted molar refractivity (Wildman–Crippen MR) is 68.4 cm³/mol. The normalized spacial score (nSPS) is 12.4. The van der Waals surface area contributed by atoms with Crippen molar-refractivity contribution >= 4 is 17.4 Å². The molecule has 2 N–H and O–H groups in total. The first kappa shape index (κ1) is 14.0. The van der Waals surface area contributed by atoms with Gasteiger partial charge in [-0.3, -0.25) is 10.1 Å². The Morgan fingerprint density at radius 2 is 2.12 bits per heavy atom. The lowest BCUT2D eigenvalue weighted by Crippen LogP contribution is -2.28. The summed E-state index contributed by atoms with van der Waals surface area (Å²) in [4.78, 5) is 10.9. The van der Waals surface area contributed by atoms with E-state index < -0.39 is 11.0 Å². The SMILES string of the molecule is CCNCC(O)CSc1ccc([N+](=O)[O-])cc1. The van der Waals surface area contributed by atoms with Gasteiger partial charge >= 0.3 is 0 Å². The fourth-order valence-corrected chi connectivity index (χ4v) is 2.06. The number of thioether (sulfide) groups is 1. The zero-order chi connectivity index (χ0) is 12.7. The van der Waals surface area contributed by atoms with Crippen LogP contribution >= 0.6 is 11.8 Å². The third kappa shape index (κ3) is 5.16. The first-order valence-corrected chi connectivity index (χ1v) is 6.38. The molecule has 0 amide bonds. The number of benzene rings is 1. The Bertz CT molecular complexity index is 356. The van der Waals surface area contributed by atoms with E-state index in [0.717, 1.165) is 11.4 Å². The second kappa shape index (κ2) is 7.26. The van der Waals surface area contributed by atoms with Gasteiger partial charge in [-0.2, -0.15) is 0 Å². The van der Waals surface area contributed by atoms with Gasteiger partial charge < -0.3 is 10.4 Å². The van der Waals surface area contributed by atoms with Crippen molar-refractivity contribution in [3.8, 4) is 0 Å². The maximum Gasteiger partial charge on any atom is 0.269 e. The third-order valence-corrected chi connectivity index (χ3v) is 3.28. The minimum atomic E-state index is -0.422. The van der Waals surface area contributed by atoms with Gasteiger partial charge in [0.15, 0.2) is 0 Å². The summed E-state index contributed by atoms with van der Waals surface area (Å²) in [7, 11) is 0. The van der Waals surface area contributed by atoms with E-state index >= 15 is 0 Å². The van der Waals surface area contributed by atoms with Gasteiger partial charge in [-0.15, -0.1) is 11.8 Å². The van der Waals surface area contributed by atoms with Gasteiger partial charge in [0.1, 0.15) is 0 Å². The number of hydrogen-bond acceptors (Lipinski definition) is 5. The van der Waals surface area contributed by atoms with E-state index in [4.69, 9.17) is 0 Å². The molecule has 1 rings (SSSR count). The molecule has 0 saturated heterocycles. The monoisotopic (exact) mass is 256 g/mol. The molecule has 0 fully saturated rings. The van der Waals surface area contributed by atoms with Crippen LogP contribution in [0.2, 0.25) is 0 Å². The lowest BCUT2D eigenvalue weighted by molar-refractivity contribution is -0.384. The van der Waals surface area contributed by atoms with Crippen molar-refractivity contribution in [3.63, 3.8) is 0 Å². The number of nitrogens with zero attached hydrogens (tertiary/aromatic N) is 1. The molecule has 0 bridgehead atoms. The van der Waals surface area contributed by atoms with Crippen molar-refractivity contribution in [1.29, 1.82) is 0 Å². The molecule has 0 aliphatic carbocycles. The number of rotatable bonds is 7. The molecule has 1 atom stereocenters. The molecule has 0 saturated carbocycles. The summed E-state index contributed by atoms with van der Waals surface area (Å²) in [5, 5.41) is 23.1. The number of aliphatic hydroxyl groups excluding tert-OH is 1. The van der Waals surface area contributed by atoms with Crippen LogP contribution in [0, 0.1) is 10.1 Å². The van der Waals surface area contributed by atoms with Crippen molar-refractivity contribution < 1.29 is 10.0 Å². The molecule has 0 radical (unpaired) electrons. The summed E-state index contributed by atoms with van der Waals surface area (Å²) in [5.74, 6) is 0.574. The van der Waals surface area contributed by atoms with Crippen LogP contribution in [0.25, 0.3) is 0 Å². The first-order valence-electron chi connectivity index (χ1n) is 5.39. The lowest BCUT2D eigenvalue weighted by Gasteiger charge is -2.10. The standard InChI is InChI=1S/C11H16N2O3S/c1-2-12-7-10(14)8-17-11-5-3-9(4-6-11)13(15)16/h3-6,10,12,14H,2,7-8H2,1H3. The number of nitro benzene ring substituents is 1. The predicted octanol–water partition coefficient (Wildman–Crippen LogP) is 1.66. The summed E-state index contributed by atoms with van der Waals surface area (Å²) in [6.45, 7) is 3.38. The molecule has 0 aliphatic rings. The van der Waals surface area contributed by atoms with Gasteiger partial charge in [0.2, 0.25) is 0 Å². The molecule has 0 spiro atoms. The quantitative estimate of drug-likeness (QED) is 0.441. The summed E-state index contributed by atoms with van der Waals surface area (Å²) < 4.78 is 0. The fourth-order valence-electron chi connectivity index (χ4n) is 1.23. The van der Waals surface area contributed by atoms with Crippen LogP contribution in [0.4, 0.5) is 5.69 Å². The lowest BCUT2D eigenvalue weighted by atomic mass is 10.3. The second-order valence-electron chi connectivity index (χ2n) is 3.52. The smallest absolute Gasteiger partial charge is 0.269 e. The van der Waals surface area contributed by atoms with Crippen LogP contribution in [0.5, 0.6) is 0 Å². The average molecular weight is 256 g/mol. The van der Waals surface area contributed by atoms with Crippen molar-refractivity contribution in [3.05, 3.63) is 34.4 Å². The van der Waals surface area contributed by atoms with Crippen LogP contribution in [0.15, 0.2) is 29.2 Å². The highest BCUT2D eigenvalue weighted by atomic mass is 32.2. The van der Waals surface area contributed by atoms with Crippen molar-refractivity contribution in [2.24, 2.45) is 0 Å². The van der Waals surface area contributed by atoms with Crippen LogP contribution in [-0.4, -0.2) is 35.0 Å². The van der Waals surface area contributed by atoms with Crippen LogP contribution in [0.1, 0.15) is 6.92 Å². The van der Waals surface area contributed by atoms with Crippen molar-refractivity contribution in [2.45, 2.75) is 17.9 Å². The summed E-state index contributed by atoms with van der Waals surface area (Å²) in [6.07, 6.45) is -0.407. The van der Waals surface area contributed by atoms with E-state index in [1.165, 1.54) is 23.9 Å². The Morgan fingerprint density at radius 3 is 2.65 bits per heavy atom. The molecule has 17 heavy (non-hydrogen) atoms. The number of hydrogen-bond donors (Lipinski definition) is 2. The molecule has 94 valence electrons. The molecule has 1 aromatic rings. The molecular weight excluding hydrogens is 240 g/mol. The Labute approximate surface area is 104 Å². The molecule has 0 heterocycles. The molecular formula is C11H16N2O3S. The van der Waals surface area contributed by atoms with E-state index in [1.54, 1.807) is 12.1 Å². The number of nitrogens with one attached hydrogen (secondary N) is 1. The molecule has 0 aromatic heterocycles. The average Bonchev–Trinajstić information content (AvgIpc) is 2.34. The molecule has 1 unspecified atom stereocenters. The Kier molecular flexibility index (Phi) is 5.96. The number of non-ortho nitro benzene ring substituents is 1. The highest BCUT2D eigenvalue weighted by Crippen LogP contribution is 2.21. The Hall–Kier alpha value is -1.11. The minimum absolute atomic E-state index is 0.0857. The third-order valence-electron chi connectivity index (χ3n) is 2.12. The molecule has 0 aliphatic heterocycles. The first-order chi connectivity index (χ1) is 8.13. The Morgan fingerprint density at radius 1 is 1.47 bits per heavy atom. The van der Waals surface area contributed by atoms with E-state index in [9.17, 15) is 15.2 Å². The van der Waals surface area contributed by atoms with Gasteiger partial charge in [0, 0.05) is 29.3 Å². The van der Waals surface area contributed by atoms with Gasteiger partial charge in [-0.05, 0) is 18.7 Å². The topological polar surface area (TPSA) is 75.4 Å². The zero-order valence-corrected chi connectivity index (χ0v) is 10.4. The summed E-state index contributed by atoms with van der Waals surface area (Å²) in [5.41, 5.74) is 0.0857. The van der Waals surface area contributed by atoms with Gasteiger partial charge in [-0.1, -0.05) is 6.92 Å². The Balaban J connectivity index is 2.39. The van der Waals surface area contributed by atoms with Gasteiger partial charge in [0.05, 0.1) is 11.0 Å². The highest BCUT2D eigenvalue weighted by Gasteiger charge is 2.06. The van der Waals surface area contributed by atoms with E-state index in [2.05, 4.69) is 5.32 Å². The van der Waals surface area contributed by atoms with E-state index in [1.807, 2.05) is 6.92 Å². The van der Waals surface area contributed by atoms with Crippen molar-refractivity contribution in [2.75, 3.05) is 18.8 Å². The summed E-state index contributed by atoms with van der Waals surface area (Å²) >= 11 is 1.49. The van der Waals surface area contributed by atoms with Gasteiger partial charge in [0.25, 0.3) is 5.69 Å². The zero-order valence-electron chi connectivity index (χ0n) is 9.63. The number of nitro groups is 1. The number of aliphatic hydroxyl groups is 1. The highest BCUT2D eigenvalue weighted by molar-refractivity contribution is 7.99. The largest absolute Gasteiger partial charge is 0.391 e. The summed E-state index contributed by atoms with van der Waals surface area (Å²) in [6, 6.07) is 6.34. The van der Waals surface area contributed by atoms with Crippen LogP contribution < -0.4 is 5.32 Å².